The van der Waals surface area contributed by atoms with Gasteiger partial charge in [-0.05, 0) is 0 Å². The summed E-state index contributed by atoms with van der Waals surface area (Å²) in [6.45, 7) is -0.164. The molecule has 0 aromatic heterocycles. The Morgan fingerprint density at radius 3 is 2.44 bits per heavy atom. The molecule has 0 bridgehead atoms. The highest BCUT2D eigenvalue weighted by molar-refractivity contribution is 8.68. The van der Waals surface area contributed by atoms with E-state index in [2.05, 4.69) is 11.7 Å². The Morgan fingerprint density at radius 2 is 1.88 bits per heavy atom. The van der Waals surface area contributed by atoms with Gasteiger partial charge in [-0.3, -0.25) is 0 Å². The van der Waals surface area contributed by atoms with E-state index in [1.807, 2.05) is 0 Å². The van der Waals surface area contributed by atoms with E-state index in [4.69, 9.17) is 14.6 Å². The third-order valence-electron chi connectivity index (χ3n) is 2.31. The minimum Gasteiger partial charge on any atom is -0.394 e. The second kappa shape index (κ2) is 7.02. The summed E-state index contributed by atoms with van der Waals surface area (Å²) in [6, 6.07) is 0. The van der Waals surface area contributed by atoms with E-state index in [0.29, 0.717) is 5.75 Å². The van der Waals surface area contributed by atoms with Crippen LogP contribution in [0.25, 0.3) is 0 Å². The second-order valence-corrected chi connectivity index (χ2v) is 4.84. The lowest BCUT2D eigenvalue weighted by molar-refractivity contribution is -0.299. The van der Waals surface area contributed by atoms with Crippen molar-refractivity contribution in [3.63, 3.8) is 0 Å². The van der Waals surface area contributed by atoms with Crippen molar-refractivity contribution in [3.8, 4) is 0 Å². The van der Waals surface area contributed by atoms with Gasteiger partial charge < -0.3 is 29.9 Å². The molecule has 5 atom stereocenters. The number of rotatable bonds is 5. The van der Waals surface area contributed by atoms with Crippen LogP contribution in [0.1, 0.15) is 0 Å². The van der Waals surface area contributed by atoms with Crippen molar-refractivity contribution in [2.24, 2.45) is 0 Å². The molecule has 4 N–H and O–H groups in total. The topological polar surface area (TPSA) is 99.4 Å². The van der Waals surface area contributed by atoms with Crippen LogP contribution in [0.3, 0.4) is 0 Å². The molecule has 1 aliphatic heterocycles. The first-order valence-corrected chi connectivity index (χ1v) is 6.84. The van der Waals surface area contributed by atoms with E-state index in [1.54, 1.807) is 0 Å². The van der Waals surface area contributed by atoms with Crippen LogP contribution in [0, 0.1) is 0 Å². The molecular formula is C8H16O6S2. The first-order valence-electron chi connectivity index (χ1n) is 4.80. The minimum atomic E-state index is -1.39. The van der Waals surface area contributed by atoms with Crippen LogP contribution in [-0.2, 0) is 9.47 Å². The third kappa shape index (κ3) is 3.47. The fourth-order valence-corrected chi connectivity index (χ4v) is 1.80. The van der Waals surface area contributed by atoms with Gasteiger partial charge in [-0.2, -0.15) is 0 Å². The number of hydrogen-bond acceptors (Lipinski definition) is 8. The molecule has 8 heteroatoms. The van der Waals surface area contributed by atoms with E-state index in [9.17, 15) is 15.3 Å². The van der Waals surface area contributed by atoms with Crippen molar-refractivity contribution in [3.05, 3.63) is 0 Å². The molecule has 5 unspecified atom stereocenters. The molecule has 96 valence electrons. The highest BCUT2D eigenvalue weighted by Gasteiger charge is 2.43. The maximum Gasteiger partial charge on any atom is 0.186 e. The molecule has 6 nitrogen and oxygen atoms in total. The van der Waals surface area contributed by atoms with Gasteiger partial charge >= 0.3 is 0 Å². The van der Waals surface area contributed by atoms with Crippen LogP contribution >= 0.6 is 22.5 Å². The minimum absolute atomic E-state index is 0.289. The summed E-state index contributed by atoms with van der Waals surface area (Å²) < 4.78 is 10.3. The average molecular weight is 272 g/mol. The molecule has 0 amide bonds. The molecule has 1 rings (SSSR count). The Balaban J connectivity index is 2.50. The van der Waals surface area contributed by atoms with E-state index < -0.39 is 37.3 Å². The van der Waals surface area contributed by atoms with Crippen LogP contribution in [0.5, 0.6) is 0 Å². The van der Waals surface area contributed by atoms with Crippen LogP contribution in [0.4, 0.5) is 0 Å². The standard InChI is InChI=1S/C8H16O6S2/c9-3-4-5(10)6(11)7(12)8(14-4)13-1-2-16-15/h4-12,15H,1-3H2. The largest absolute Gasteiger partial charge is 0.394 e. The van der Waals surface area contributed by atoms with Crippen LogP contribution in [0.15, 0.2) is 0 Å². The molecule has 0 aliphatic carbocycles. The lowest BCUT2D eigenvalue weighted by atomic mass is 9.99. The summed E-state index contributed by atoms with van der Waals surface area (Å²) in [5.41, 5.74) is 0. The van der Waals surface area contributed by atoms with Gasteiger partial charge in [0.2, 0.25) is 0 Å². The first-order chi connectivity index (χ1) is 7.61. The van der Waals surface area contributed by atoms with Crippen molar-refractivity contribution >= 4 is 22.5 Å². The molecule has 1 fully saturated rings. The van der Waals surface area contributed by atoms with Crippen LogP contribution < -0.4 is 0 Å². The van der Waals surface area contributed by atoms with E-state index in [1.165, 1.54) is 10.8 Å². The summed E-state index contributed by atoms with van der Waals surface area (Å²) in [5.74, 6) is 0.595. The molecule has 0 aromatic carbocycles. The Labute approximate surface area is 102 Å². The zero-order valence-corrected chi connectivity index (χ0v) is 10.2. The highest BCUT2D eigenvalue weighted by Crippen LogP contribution is 2.22. The van der Waals surface area contributed by atoms with Gasteiger partial charge in [-0.15, -0.1) is 11.7 Å². The molecule has 16 heavy (non-hydrogen) atoms. The predicted octanol–water partition coefficient (Wildman–Crippen LogP) is -1.62. The Morgan fingerprint density at radius 1 is 1.19 bits per heavy atom. The smallest absolute Gasteiger partial charge is 0.186 e. The maximum atomic E-state index is 9.55. The zero-order valence-electron chi connectivity index (χ0n) is 8.47. The Hall–Kier alpha value is 0.460. The lowest BCUT2D eigenvalue weighted by Crippen LogP contribution is -2.59. The Kier molecular flexibility index (Phi) is 6.37. The molecule has 1 aliphatic rings. The SMILES string of the molecule is OCC1OC(OCCSS)C(O)C(O)C1O. The van der Waals surface area contributed by atoms with Gasteiger partial charge in [0.05, 0.1) is 13.2 Å². The van der Waals surface area contributed by atoms with Gasteiger partial charge in [0.1, 0.15) is 24.4 Å². The number of hydrogen-bond donors (Lipinski definition) is 5. The summed E-state index contributed by atoms with van der Waals surface area (Å²) in [7, 11) is 1.27. The predicted molar refractivity (Wildman–Crippen MR) is 61.2 cm³/mol. The van der Waals surface area contributed by atoms with Gasteiger partial charge in [-0.1, -0.05) is 10.8 Å². The van der Waals surface area contributed by atoms with Crippen molar-refractivity contribution in [1.82, 2.24) is 0 Å². The average Bonchev–Trinajstić information content (AvgIpc) is 2.29. The van der Waals surface area contributed by atoms with Crippen molar-refractivity contribution in [1.29, 1.82) is 0 Å². The molecule has 0 aromatic rings. The van der Waals surface area contributed by atoms with E-state index >= 15 is 0 Å². The summed E-state index contributed by atoms with van der Waals surface area (Å²) >= 11 is 3.91. The molecule has 0 saturated carbocycles. The zero-order chi connectivity index (χ0) is 12.1. The fourth-order valence-electron chi connectivity index (χ4n) is 1.41. The van der Waals surface area contributed by atoms with Crippen molar-refractivity contribution < 1.29 is 29.9 Å². The lowest BCUT2D eigenvalue weighted by Gasteiger charge is -2.39. The highest BCUT2D eigenvalue weighted by atomic mass is 33.1. The van der Waals surface area contributed by atoms with E-state index in [0.717, 1.165) is 0 Å². The third-order valence-corrected chi connectivity index (χ3v) is 3.20. The Bertz CT molecular complexity index is 205. The van der Waals surface area contributed by atoms with Gasteiger partial charge in [0.25, 0.3) is 0 Å². The summed E-state index contributed by atoms with van der Waals surface area (Å²) in [5, 5.41) is 37.4. The second-order valence-electron chi connectivity index (χ2n) is 3.40. The molecule has 1 saturated heterocycles. The first kappa shape index (κ1) is 14.5. The molecule has 0 radical (unpaired) electrons. The summed E-state index contributed by atoms with van der Waals surface area (Å²) in [4.78, 5) is 0. The number of aliphatic hydroxyl groups is 4. The monoisotopic (exact) mass is 272 g/mol. The van der Waals surface area contributed by atoms with Crippen molar-refractivity contribution in [2.75, 3.05) is 19.0 Å². The van der Waals surface area contributed by atoms with E-state index in [-0.39, 0.29) is 6.61 Å². The fraction of sp³-hybridized carbons (Fsp3) is 1.00. The van der Waals surface area contributed by atoms with Crippen LogP contribution in [0.2, 0.25) is 0 Å². The number of ether oxygens (including phenoxy) is 2. The molecule has 0 spiro atoms. The molecular weight excluding hydrogens is 256 g/mol. The van der Waals surface area contributed by atoms with Gasteiger partial charge in [0.15, 0.2) is 6.29 Å². The summed E-state index contributed by atoms with van der Waals surface area (Å²) in [6.07, 6.45) is -6.04. The van der Waals surface area contributed by atoms with Gasteiger partial charge in [-0.25, -0.2) is 0 Å². The number of thiol groups is 1. The normalized spacial score (nSPS) is 39.9. The number of aliphatic hydroxyl groups excluding tert-OH is 4. The maximum absolute atomic E-state index is 9.55. The molecule has 1 heterocycles. The van der Waals surface area contributed by atoms with Crippen molar-refractivity contribution in [2.45, 2.75) is 30.7 Å². The quantitative estimate of drug-likeness (QED) is 0.233. The van der Waals surface area contributed by atoms with Gasteiger partial charge in [0, 0.05) is 5.75 Å². The van der Waals surface area contributed by atoms with Crippen LogP contribution in [-0.4, -0.2) is 70.1 Å².